The first-order valence-corrected chi connectivity index (χ1v) is 5.97. The first-order valence-electron chi connectivity index (χ1n) is 4.30. The summed E-state index contributed by atoms with van der Waals surface area (Å²) in [5.41, 5.74) is 0.360. The number of hydrogen-bond acceptors (Lipinski definition) is 1. The normalized spacial score (nSPS) is 10.4. The molecular weight excluding hydrogens is 278 g/mol. The van der Waals surface area contributed by atoms with E-state index < -0.39 is 0 Å². The number of carbonyl (C=O) groups excluding carboxylic acids is 1. The monoisotopic (exact) mass is 284 g/mol. The molecule has 1 nitrogen and oxygen atoms in total. The van der Waals surface area contributed by atoms with Crippen LogP contribution in [0.3, 0.4) is 0 Å². The van der Waals surface area contributed by atoms with Crippen LogP contribution in [0.25, 0.3) is 0 Å². The van der Waals surface area contributed by atoms with Gasteiger partial charge in [-0.2, -0.15) is 0 Å². The molecule has 0 bridgehead atoms. The van der Waals surface area contributed by atoms with Gasteiger partial charge in [0.25, 0.3) is 0 Å². The average Bonchev–Trinajstić information content (AvgIpc) is 2.19. The predicted molar refractivity (Wildman–Crippen MR) is 65.8 cm³/mol. The van der Waals surface area contributed by atoms with Crippen molar-refractivity contribution in [1.82, 2.24) is 0 Å². The summed E-state index contributed by atoms with van der Waals surface area (Å²) in [4.78, 5) is 11.7. The van der Waals surface area contributed by atoms with E-state index in [1.165, 1.54) is 12.1 Å². The lowest BCUT2D eigenvalue weighted by Crippen LogP contribution is -2.00. The summed E-state index contributed by atoms with van der Waals surface area (Å²) < 4.78 is 0. The number of halogens is 4. The van der Waals surface area contributed by atoms with E-state index in [0.29, 0.717) is 34.3 Å². The Morgan fingerprint density at radius 1 is 1.20 bits per heavy atom. The molecule has 0 saturated carbocycles. The molecule has 15 heavy (non-hydrogen) atoms. The third-order valence-electron chi connectivity index (χ3n) is 1.83. The molecule has 0 amide bonds. The highest BCUT2D eigenvalue weighted by molar-refractivity contribution is 6.45. The van der Waals surface area contributed by atoms with E-state index in [-0.39, 0.29) is 10.8 Å². The fraction of sp³-hybridized carbons (Fsp3) is 0.300. The number of carbonyl (C=O) groups is 1. The Kier molecular flexibility index (Phi) is 5.20. The summed E-state index contributed by atoms with van der Waals surface area (Å²) in [5.74, 6) is 0.350. The van der Waals surface area contributed by atoms with E-state index in [1.54, 1.807) is 0 Å². The molecule has 0 aliphatic heterocycles. The molecule has 1 aromatic rings. The zero-order valence-electron chi connectivity index (χ0n) is 7.70. The van der Waals surface area contributed by atoms with Crippen LogP contribution in [-0.4, -0.2) is 11.7 Å². The van der Waals surface area contributed by atoms with Crippen LogP contribution in [0, 0.1) is 0 Å². The second-order valence-corrected chi connectivity index (χ2v) is 4.56. The molecule has 0 N–H and O–H groups in total. The quantitative estimate of drug-likeness (QED) is 0.439. The van der Waals surface area contributed by atoms with Gasteiger partial charge in [-0.05, 0) is 18.6 Å². The minimum Gasteiger partial charge on any atom is -0.294 e. The van der Waals surface area contributed by atoms with Gasteiger partial charge in [0.1, 0.15) is 0 Å². The first-order chi connectivity index (χ1) is 7.06. The molecule has 0 unspecified atom stereocenters. The number of ketones is 1. The Balaban J connectivity index is 2.98. The lowest BCUT2D eigenvalue weighted by atomic mass is 10.1. The fourth-order valence-electron chi connectivity index (χ4n) is 1.12. The molecule has 1 rings (SSSR count). The van der Waals surface area contributed by atoms with Gasteiger partial charge in [-0.3, -0.25) is 4.79 Å². The van der Waals surface area contributed by atoms with Gasteiger partial charge in [0, 0.05) is 22.9 Å². The van der Waals surface area contributed by atoms with Gasteiger partial charge in [-0.25, -0.2) is 0 Å². The average molecular weight is 286 g/mol. The van der Waals surface area contributed by atoms with Gasteiger partial charge in [0.05, 0.1) is 10.0 Å². The van der Waals surface area contributed by atoms with E-state index >= 15 is 0 Å². The van der Waals surface area contributed by atoms with Gasteiger partial charge >= 0.3 is 0 Å². The van der Waals surface area contributed by atoms with Gasteiger partial charge in [0.2, 0.25) is 0 Å². The van der Waals surface area contributed by atoms with Crippen LogP contribution in [0.4, 0.5) is 0 Å². The highest BCUT2D eigenvalue weighted by Gasteiger charge is 2.13. The second kappa shape index (κ2) is 5.95. The zero-order valence-corrected chi connectivity index (χ0v) is 10.7. The van der Waals surface area contributed by atoms with Crippen molar-refractivity contribution in [2.24, 2.45) is 0 Å². The fourth-order valence-corrected chi connectivity index (χ4v) is 1.96. The number of benzene rings is 1. The van der Waals surface area contributed by atoms with Crippen LogP contribution in [0.1, 0.15) is 23.2 Å². The number of rotatable bonds is 4. The minimum absolute atomic E-state index is 0.0925. The molecule has 0 aliphatic carbocycles. The van der Waals surface area contributed by atoms with E-state index in [4.69, 9.17) is 46.4 Å². The van der Waals surface area contributed by atoms with Crippen LogP contribution in [0.2, 0.25) is 15.1 Å². The SMILES string of the molecule is O=C(CCCCl)c1cc(Cl)cc(Cl)c1Cl. The van der Waals surface area contributed by atoms with E-state index in [0.717, 1.165) is 0 Å². The Morgan fingerprint density at radius 2 is 1.87 bits per heavy atom. The summed E-state index contributed by atoms with van der Waals surface area (Å²) in [6.45, 7) is 0. The van der Waals surface area contributed by atoms with Crippen molar-refractivity contribution in [3.8, 4) is 0 Å². The molecule has 82 valence electrons. The molecular formula is C10H8Cl4O. The maximum absolute atomic E-state index is 11.7. The van der Waals surface area contributed by atoms with Crippen molar-refractivity contribution >= 4 is 52.2 Å². The molecule has 1 aromatic carbocycles. The summed E-state index contributed by atoms with van der Waals surface area (Å²) in [5, 5.41) is 0.942. The summed E-state index contributed by atoms with van der Waals surface area (Å²) in [7, 11) is 0. The van der Waals surface area contributed by atoms with E-state index in [1.807, 2.05) is 0 Å². The molecule has 0 saturated heterocycles. The van der Waals surface area contributed by atoms with Crippen LogP contribution in [-0.2, 0) is 0 Å². The summed E-state index contributed by atoms with van der Waals surface area (Å²) >= 11 is 23.0. The van der Waals surface area contributed by atoms with Crippen molar-refractivity contribution in [2.45, 2.75) is 12.8 Å². The van der Waals surface area contributed by atoms with Crippen molar-refractivity contribution in [3.05, 3.63) is 32.8 Å². The highest BCUT2D eigenvalue weighted by Crippen LogP contribution is 2.30. The number of Topliss-reactive ketones (excluding diaryl/α,β-unsaturated/α-hetero) is 1. The van der Waals surface area contributed by atoms with Crippen molar-refractivity contribution in [2.75, 3.05) is 5.88 Å². The van der Waals surface area contributed by atoms with E-state index in [9.17, 15) is 4.79 Å². The first kappa shape index (κ1) is 13.1. The zero-order chi connectivity index (χ0) is 11.4. The standard InChI is InChI=1S/C10H8Cl4O/c11-3-1-2-9(15)7-4-6(12)5-8(13)10(7)14/h4-5H,1-3H2. The lowest BCUT2D eigenvalue weighted by molar-refractivity contribution is 0.0982. The molecule has 0 spiro atoms. The summed E-state index contributed by atoms with van der Waals surface area (Å²) in [6.07, 6.45) is 0.959. The third-order valence-corrected chi connectivity index (χ3v) is 3.12. The molecule has 0 heterocycles. The van der Waals surface area contributed by atoms with Crippen molar-refractivity contribution in [1.29, 1.82) is 0 Å². The topological polar surface area (TPSA) is 17.1 Å². The van der Waals surface area contributed by atoms with Crippen LogP contribution in [0.15, 0.2) is 12.1 Å². The predicted octanol–water partition coefficient (Wildman–Crippen LogP) is 4.85. The molecule has 0 radical (unpaired) electrons. The van der Waals surface area contributed by atoms with Gasteiger partial charge in [0.15, 0.2) is 5.78 Å². The Labute approximate surface area is 108 Å². The van der Waals surface area contributed by atoms with Crippen molar-refractivity contribution < 1.29 is 4.79 Å². The largest absolute Gasteiger partial charge is 0.294 e. The van der Waals surface area contributed by atoms with Crippen LogP contribution < -0.4 is 0 Å². The van der Waals surface area contributed by atoms with Gasteiger partial charge in [-0.1, -0.05) is 34.8 Å². The highest BCUT2D eigenvalue weighted by atomic mass is 35.5. The maximum Gasteiger partial charge on any atom is 0.164 e. The van der Waals surface area contributed by atoms with Crippen LogP contribution >= 0.6 is 46.4 Å². The molecule has 0 atom stereocenters. The van der Waals surface area contributed by atoms with Crippen molar-refractivity contribution in [3.63, 3.8) is 0 Å². The molecule has 0 aliphatic rings. The third kappa shape index (κ3) is 3.53. The molecule has 0 fully saturated rings. The van der Waals surface area contributed by atoms with Gasteiger partial charge < -0.3 is 0 Å². The Morgan fingerprint density at radius 3 is 2.47 bits per heavy atom. The minimum atomic E-state index is -0.0925. The Hall–Kier alpha value is 0.0500. The number of hydrogen-bond donors (Lipinski definition) is 0. The van der Waals surface area contributed by atoms with Crippen LogP contribution in [0.5, 0.6) is 0 Å². The molecule has 0 aromatic heterocycles. The smallest absolute Gasteiger partial charge is 0.164 e. The summed E-state index contributed by atoms with van der Waals surface area (Å²) in [6, 6.07) is 3.02. The second-order valence-electron chi connectivity index (χ2n) is 2.96. The number of alkyl halides is 1. The maximum atomic E-state index is 11.7. The van der Waals surface area contributed by atoms with E-state index in [2.05, 4.69) is 0 Å². The Bertz CT molecular complexity index is 376. The van der Waals surface area contributed by atoms with Gasteiger partial charge in [-0.15, -0.1) is 11.6 Å². The molecule has 5 heteroatoms. The lowest BCUT2D eigenvalue weighted by Gasteiger charge is -2.05.